The largest absolute Gasteiger partial charge is 0.497 e. The fourth-order valence-electron chi connectivity index (χ4n) is 3.08. The summed E-state index contributed by atoms with van der Waals surface area (Å²) in [4.78, 5) is 22.4. The van der Waals surface area contributed by atoms with Crippen molar-refractivity contribution in [3.63, 3.8) is 0 Å². The number of thioether (sulfide) groups is 1. The Labute approximate surface area is 177 Å². The van der Waals surface area contributed by atoms with Gasteiger partial charge in [-0.2, -0.15) is 0 Å². The molecule has 2 aromatic heterocycles. The van der Waals surface area contributed by atoms with E-state index in [2.05, 4.69) is 12.3 Å². The van der Waals surface area contributed by atoms with E-state index in [0.29, 0.717) is 17.7 Å². The first kappa shape index (κ1) is 19.7. The fraction of sp³-hybridized carbons (Fsp3) is 0.227. The molecule has 4 aromatic rings. The first-order valence-electron chi connectivity index (χ1n) is 9.41. The maximum Gasteiger partial charge on any atom is 0.262 e. The molecule has 0 bridgehead atoms. The lowest BCUT2D eigenvalue weighted by atomic mass is 10.2. The van der Waals surface area contributed by atoms with Gasteiger partial charge in [-0.1, -0.05) is 43.0 Å². The summed E-state index contributed by atoms with van der Waals surface area (Å²) in [6.07, 6.45) is 0.879. The lowest BCUT2D eigenvalue weighted by Gasteiger charge is -2.11. The Kier molecular flexibility index (Phi) is 5.97. The smallest absolute Gasteiger partial charge is 0.262 e. The Hall–Kier alpha value is -2.64. The maximum atomic E-state index is 12.9. The van der Waals surface area contributed by atoms with Crippen LogP contribution in [-0.2, 0) is 12.3 Å². The van der Waals surface area contributed by atoms with Gasteiger partial charge in [0, 0.05) is 23.2 Å². The van der Waals surface area contributed by atoms with Crippen LogP contribution in [0.25, 0.3) is 21.5 Å². The van der Waals surface area contributed by atoms with Crippen LogP contribution in [-0.4, -0.2) is 21.6 Å². The molecule has 7 heteroatoms. The highest BCUT2D eigenvalue weighted by atomic mass is 32.2. The molecule has 0 radical (unpaired) electrons. The van der Waals surface area contributed by atoms with Gasteiger partial charge in [0.25, 0.3) is 5.56 Å². The normalized spacial score (nSPS) is 11.1. The number of nitrogens with zero attached hydrogens (tertiary/aromatic N) is 3. The van der Waals surface area contributed by atoms with Gasteiger partial charge < -0.3 is 4.74 Å². The van der Waals surface area contributed by atoms with Gasteiger partial charge in [-0.15, -0.1) is 11.3 Å². The maximum absolute atomic E-state index is 12.9. The summed E-state index contributed by atoms with van der Waals surface area (Å²) in [5, 5.41) is 4.42. The number of methoxy groups -OCH3 is 1. The van der Waals surface area contributed by atoms with Crippen molar-refractivity contribution < 1.29 is 4.74 Å². The Morgan fingerprint density at radius 1 is 1.14 bits per heavy atom. The van der Waals surface area contributed by atoms with E-state index < -0.39 is 0 Å². The van der Waals surface area contributed by atoms with E-state index in [4.69, 9.17) is 14.7 Å². The number of hydrogen-bond donors (Lipinski definition) is 0. The molecule has 0 fully saturated rings. The first-order chi connectivity index (χ1) is 14.2. The fourth-order valence-corrected chi connectivity index (χ4v) is 4.92. The van der Waals surface area contributed by atoms with E-state index in [9.17, 15) is 4.79 Å². The van der Waals surface area contributed by atoms with Crippen molar-refractivity contribution >= 4 is 34.0 Å². The van der Waals surface area contributed by atoms with Crippen LogP contribution < -0.4 is 10.3 Å². The van der Waals surface area contributed by atoms with Gasteiger partial charge in [-0.3, -0.25) is 9.36 Å². The summed E-state index contributed by atoms with van der Waals surface area (Å²) in [6.45, 7) is 2.72. The second-order valence-electron chi connectivity index (χ2n) is 6.53. The van der Waals surface area contributed by atoms with E-state index in [1.807, 2.05) is 48.5 Å². The van der Waals surface area contributed by atoms with E-state index in [0.717, 1.165) is 39.1 Å². The Morgan fingerprint density at radius 2 is 2.00 bits per heavy atom. The van der Waals surface area contributed by atoms with Crippen LogP contribution in [0.2, 0.25) is 0 Å². The molecule has 0 N–H and O–H groups in total. The third-order valence-corrected chi connectivity index (χ3v) is 6.44. The van der Waals surface area contributed by atoms with Crippen LogP contribution in [0, 0.1) is 0 Å². The first-order valence-corrected chi connectivity index (χ1v) is 11.3. The number of rotatable bonds is 7. The summed E-state index contributed by atoms with van der Waals surface area (Å²) in [7, 11) is 1.66. The molecule has 0 unspecified atom stereocenters. The minimum atomic E-state index is 0.0234. The zero-order valence-corrected chi connectivity index (χ0v) is 17.9. The molecule has 0 aliphatic carbocycles. The van der Waals surface area contributed by atoms with E-state index in [1.165, 1.54) is 0 Å². The SMILES string of the molecule is CCCn1c(SCc2csc(-c3cccc(OC)c3)n2)nc2ccccc2c1=O. The van der Waals surface area contributed by atoms with Gasteiger partial charge in [0.2, 0.25) is 0 Å². The Balaban J connectivity index is 1.59. The summed E-state index contributed by atoms with van der Waals surface area (Å²) < 4.78 is 7.08. The molecule has 0 atom stereocenters. The van der Waals surface area contributed by atoms with Gasteiger partial charge in [0.15, 0.2) is 5.16 Å². The zero-order valence-electron chi connectivity index (χ0n) is 16.3. The molecule has 148 valence electrons. The van der Waals surface area contributed by atoms with Crippen molar-refractivity contribution in [2.45, 2.75) is 30.8 Å². The summed E-state index contributed by atoms with van der Waals surface area (Å²) in [5.41, 5.74) is 2.78. The highest BCUT2D eigenvalue weighted by Crippen LogP contribution is 2.29. The molecule has 5 nitrogen and oxygen atoms in total. The highest BCUT2D eigenvalue weighted by Gasteiger charge is 2.12. The van der Waals surface area contributed by atoms with Crippen molar-refractivity contribution in [2.75, 3.05) is 7.11 Å². The van der Waals surface area contributed by atoms with Crippen LogP contribution in [0.15, 0.2) is 63.9 Å². The van der Waals surface area contributed by atoms with Crippen molar-refractivity contribution in [1.29, 1.82) is 0 Å². The summed E-state index contributed by atoms with van der Waals surface area (Å²) >= 11 is 3.16. The number of para-hydroxylation sites is 1. The minimum absolute atomic E-state index is 0.0234. The lowest BCUT2D eigenvalue weighted by molar-refractivity contribution is 0.415. The number of fused-ring (bicyclic) bond motifs is 1. The molecule has 2 heterocycles. The van der Waals surface area contributed by atoms with Crippen molar-refractivity contribution in [1.82, 2.24) is 14.5 Å². The molecule has 0 aliphatic rings. The predicted molar refractivity (Wildman–Crippen MR) is 120 cm³/mol. The predicted octanol–water partition coefficient (Wildman–Crippen LogP) is 5.23. The molecule has 0 aliphatic heterocycles. The average molecular weight is 424 g/mol. The zero-order chi connectivity index (χ0) is 20.2. The molecule has 0 saturated carbocycles. The average Bonchev–Trinajstić information content (AvgIpc) is 3.24. The van der Waals surface area contributed by atoms with Crippen LogP contribution in [0.5, 0.6) is 5.75 Å². The molecule has 4 rings (SSSR count). The van der Waals surface area contributed by atoms with E-state index in [-0.39, 0.29) is 5.56 Å². The molecule has 0 amide bonds. The highest BCUT2D eigenvalue weighted by molar-refractivity contribution is 7.98. The van der Waals surface area contributed by atoms with Gasteiger partial charge in [-0.25, -0.2) is 9.97 Å². The molecular formula is C22H21N3O2S2. The molecular weight excluding hydrogens is 402 g/mol. The van der Waals surface area contributed by atoms with Crippen LogP contribution in [0.3, 0.4) is 0 Å². The number of ether oxygens (including phenoxy) is 1. The third kappa shape index (κ3) is 4.21. The van der Waals surface area contributed by atoms with Crippen molar-refractivity contribution in [3.8, 4) is 16.3 Å². The summed E-state index contributed by atoms with van der Waals surface area (Å²) in [6, 6.07) is 15.4. The van der Waals surface area contributed by atoms with Gasteiger partial charge in [-0.05, 0) is 30.7 Å². The van der Waals surface area contributed by atoms with E-state index >= 15 is 0 Å². The van der Waals surface area contributed by atoms with Gasteiger partial charge in [0.1, 0.15) is 10.8 Å². The second-order valence-corrected chi connectivity index (χ2v) is 8.33. The molecule has 2 aromatic carbocycles. The Morgan fingerprint density at radius 3 is 2.83 bits per heavy atom. The molecule has 29 heavy (non-hydrogen) atoms. The summed E-state index contributed by atoms with van der Waals surface area (Å²) in [5.74, 6) is 1.48. The topological polar surface area (TPSA) is 57.0 Å². The van der Waals surface area contributed by atoms with Gasteiger partial charge >= 0.3 is 0 Å². The number of aromatic nitrogens is 3. The standard InChI is InChI=1S/C22H21N3O2S2/c1-3-11-25-21(26)18-9-4-5-10-19(18)24-22(25)29-14-16-13-28-20(23-16)15-7-6-8-17(12-15)27-2/h4-10,12-13H,3,11,14H2,1-2H3. The van der Waals surface area contributed by atoms with Crippen LogP contribution >= 0.6 is 23.1 Å². The van der Waals surface area contributed by atoms with E-state index in [1.54, 1.807) is 34.8 Å². The van der Waals surface area contributed by atoms with Crippen molar-refractivity contribution in [2.24, 2.45) is 0 Å². The van der Waals surface area contributed by atoms with Crippen LogP contribution in [0.4, 0.5) is 0 Å². The molecule has 0 spiro atoms. The van der Waals surface area contributed by atoms with Crippen LogP contribution in [0.1, 0.15) is 19.0 Å². The lowest BCUT2D eigenvalue weighted by Crippen LogP contribution is -2.23. The number of hydrogen-bond acceptors (Lipinski definition) is 6. The van der Waals surface area contributed by atoms with Crippen molar-refractivity contribution in [3.05, 3.63) is 70.0 Å². The Bertz CT molecular complexity index is 1200. The second kappa shape index (κ2) is 8.80. The quantitative estimate of drug-likeness (QED) is 0.301. The molecule has 0 saturated heterocycles. The monoisotopic (exact) mass is 423 g/mol. The number of thiazole rings is 1. The number of benzene rings is 2. The third-order valence-electron chi connectivity index (χ3n) is 4.49. The van der Waals surface area contributed by atoms with Gasteiger partial charge in [0.05, 0.1) is 23.7 Å². The minimum Gasteiger partial charge on any atom is -0.497 e.